The van der Waals surface area contributed by atoms with Gasteiger partial charge in [0.1, 0.15) is 18.4 Å². The van der Waals surface area contributed by atoms with Crippen LogP contribution in [0.4, 0.5) is 0 Å². The molecule has 3 aliphatic rings. The Morgan fingerprint density at radius 3 is 1.76 bits per heavy atom. The summed E-state index contributed by atoms with van der Waals surface area (Å²) in [6.07, 6.45) is -1.72. The van der Waals surface area contributed by atoms with E-state index in [1.54, 1.807) is 11.1 Å². The van der Waals surface area contributed by atoms with Crippen LogP contribution in [0, 0.1) is 6.92 Å². The van der Waals surface area contributed by atoms with E-state index in [0.29, 0.717) is 5.70 Å². The van der Waals surface area contributed by atoms with Crippen molar-refractivity contribution in [2.24, 2.45) is 0 Å². The second kappa shape index (κ2) is 20.5. The Hall–Kier alpha value is -1.66. The maximum atomic E-state index is 11.8. The topological polar surface area (TPSA) is 382 Å². The third kappa shape index (κ3) is 15.2. The van der Waals surface area contributed by atoms with Gasteiger partial charge in [0.25, 0.3) is 0 Å². The fourth-order valence-corrected chi connectivity index (χ4v) is 13.0. The molecule has 0 spiro atoms. The number of benzene rings is 2. The molecule has 2 aromatic carbocycles. The average Bonchev–Trinajstić information content (AvgIpc) is 3.82. The standard InChI is InChI=1S/C16H21O12P3.C13H18NO12P3S.CH4/c1-10-6-11-4-2-3-5-12(11)7-13(10)15-8-14(17)16(26-15)9-25-30(21,22)28-31(23,24)27-29(18,19)20;1-8-13-9(3-5-30-13)2-4-14(8)12-6-10(15)11(24-12)7-23-28(19,20)26-29(21,22)25-27(16,17)18;/h2-7,14-17H,8-9H2,1H3,(H,21,22)(H,23,24)(H2,18,19,20);2-5,10-12,15H,1,6-7H2,(H,19,20)(H,21,22)(H2,16,17,18);1H4/t14?,15-,16-;10?,11-,12-;/m11./s1. The van der Waals surface area contributed by atoms with Gasteiger partial charge in [-0.3, -0.25) is 9.05 Å². The van der Waals surface area contributed by atoms with Crippen LogP contribution in [0.2, 0.25) is 0 Å². The molecular weight excluding hydrogens is 976 g/mol. The van der Waals surface area contributed by atoms with Crippen molar-refractivity contribution in [1.29, 1.82) is 0 Å². The van der Waals surface area contributed by atoms with Crippen molar-refractivity contribution in [3.05, 3.63) is 82.2 Å². The third-order valence-corrected chi connectivity index (χ3v) is 17.1. The van der Waals surface area contributed by atoms with Gasteiger partial charge < -0.3 is 63.7 Å². The molecule has 10 atom stereocenters. The SMILES string of the molecule is C.C=C1c2sccc2C=CN1[C@H]1CC(O)[C@@H](COP(=O)(O)OP(=O)(O)OP(=O)(O)O)O1.Cc1cc2ccccc2cc1[C@H]1CC(O)[C@@H](COP(=O)(O)OP(=O)(O)OP(=O)(O)O)O1. The summed E-state index contributed by atoms with van der Waals surface area (Å²) in [6, 6.07) is 13.5. The molecule has 3 aliphatic heterocycles. The lowest BCUT2D eigenvalue weighted by Crippen LogP contribution is -2.31. The minimum atomic E-state index is -5.61. The number of hydrogen-bond acceptors (Lipinski definition) is 18. The van der Waals surface area contributed by atoms with Gasteiger partial charge in [-0.1, -0.05) is 44.3 Å². The highest BCUT2D eigenvalue weighted by atomic mass is 32.1. The van der Waals surface area contributed by atoms with Crippen molar-refractivity contribution in [1.82, 2.24) is 4.90 Å². The molecule has 0 saturated carbocycles. The van der Waals surface area contributed by atoms with Gasteiger partial charge in [0.2, 0.25) is 0 Å². The van der Waals surface area contributed by atoms with E-state index in [1.165, 1.54) is 11.3 Å². The predicted molar refractivity (Wildman–Crippen MR) is 217 cm³/mol. The normalized spacial score (nSPS) is 26.6. The van der Waals surface area contributed by atoms with Crippen LogP contribution in [0.25, 0.3) is 22.5 Å². The Kier molecular flexibility index (Phi) is 17.5. The molecule has 348 valence electrons. The zero-order chi connectivity index (χ0) is 45.3. The monoisotopic (exact) mass is 1020 g/mol. The molecule has 1 aromatic heterocycles. The summed E-state index contributed by atoms with van der Waals surface area (Å²) in [5, 5.41) is 24.4. The van der Waals surface area contributed by atoms with E-state index in [4.69, 9.17) is 38.8 Å². The first-order valence-corrected chi connectivity index (χ1v) is 26.9. The number of phosphoric acid groups is 6. The molecule has 6 rings (SSSR count). The molecule has 10 N–H and O–H groups in total. The van der Waals surface area contributed by atoms with Gasteiger partial charge in [0.05, 0.1) is 42.1 Å². The highest BCUT2D eigenvalue weighted by molar-refractivity contribution is 7.67. The molecule has 2 fully saturated rings. The Balaban J connectivity index is 0.000000268. The summed E-state index contributed by atoms with van der Waals surface area (Å²) in [7, 11) is -32.8. The first-order chi connectivity index (χ1) is 28.0. The molecule has 0 aliphatic carbocycles. The van der Waals surface area contributed by atoms with E-state index in [9.17, 15) is 47.4 Å². The van der Waals surface area contributed by atoms with Gasteiger partial charge in [0.15, 0.2) is 0 Å². The summed E-state index contributed by atoms with van der Waals surface area (Å²) >= 11 is 1.48. The Morgan fingerprint density at radius 2 is 1.23 bits per heavy atom. The van der Waals surface area contributed by atoms with Crippen LogP contribution >= 0.6 is 58.3 Å². The van der Waals surface area contributed by atoms with E-state index in [1.807, 2.05) is 60.8 Å². The lowest BCUT2D eigenvalue weighted by atomic mass is 9.96. The zero-order valence-corrected chi connectivity index (χ0v) is 37.2. The Labute approximate surface area is 356 Å². The van der Waals surface area contributed by atoms with Gasteiger partial charge in [-0.25, -0.2) is 27.4 Å². The number of thiophene rings is 1. The van der Waals surface area contributed by atoms with E-state index in [0.717, 1.165) is 32.3 Å². The van der Waals surface area contributed by atoms with Crippen LogP contribution in [-0.4, -0.2) is 98.1 Å². The number of nitrogens with zero attached hydrogens (tertiary/aromatic N) is 1. The molecule has 0 radical (unpaired) electrons. The fourth-order valence-electron chi connectivity index (χ4n) is 6.10. The predicted octanol–water partition coefficient (Wildman–Crippen LogP) is 5.14. The van der Waals surface area contributed by atoms with Crippen molar-refractivity contribution in [3.8, 4) is 0 Å². The lowest BCUT2D eigenvalue weighted by molar-refractivity contribution is -0.0496. The van der Waals surface area contributed by atoms with Gasteiger partial charge in [-0.15, -0.1) is 11.3 Å². The summed E-state index contributed by atoms with van der Waals surface area (Å²) in [6.45, 7) is 4.47. The maximum Gasteiger partial charge on any atom is 0.490 e. The number of aliphatic hydroxyl groups excluding tert-OH is 2. The zero-order valence-electron chi connectivity index (χ0n) is 31.0. The summed E-state index contributed by atoms with van der Waals surface area (Å²) < 4.78 is 103. The molecule has 3 aromatic rings. The van der Waals surface area contributed by atoms with Crippen molar-refractivity contribution < 1.29 is 113 Å². The molecule has 25 nitrogen and oxygen atoms in total. The second-order valence-electron chi connectivity index (χ2n) is 13.1. The van der Waals surface area contributed by atoms with Crippen molar-refractivity contribution in [2.75, 3.05) is 13.2 Å². The van der Waals surface area contributed by atoms with Crippen molar-refractivity contribution in [2.45, 2.75) is 63.9 Å². The van der Waals surface area contributed by atoms with Crippen LogP contribution in [0.15, 0.2) is 60.6 Å². The summed E-state index contributed by atoms with van der Waals surface area (Å²) in [4.78, 5) is 74.0. The minimum absolute atomic E-state index is 0. The van der Waals surface area contributed by atoms with Crippen LogP contribution in [0.3, 0.4) is 0 Å². The molecule has 0 amide bonds. The number of fused-ring (bicyclic) bond motifs is 2. The molecule has 6 unspecified atom stereocenters. The van der Waals surface area contributed by atoms with Crippen LogP contribution in [0.1, 0.15) is 47.9 Å². The lowest BCUT2D eigenvalue weighted by Gasteiger charge is -2.31. The van der Waals surface area contributed by atoms with E-state index >= 15 is 0 Å². The maximum absolute atomic E-state index is 11.8. The van der Waals surface area contributed by atoms with Gasteiger partial charge in [-0.2, -0.15) is 17.2 Å². The van der Waals surface area contributed by atoms with Crippen molar-refractivity contribution >= 4 is 80.8 Å². The molecule has 0 bridgehead atoms. The number of aryl methyl sites for hydroxylation is 1. The van der Waals surface area contributed by atoms with E-state index in [2.05, 4.69) is 32.9 Å². The van der Waals surface area contributed by atoms with E-state index in [-0.39, 0.29) is 20.3 Å². The fraction of sp³-hybridized carbons (Fsp3) is 0.400. The molecule has 62 heavy (non-hydrogen) atoms. The smallest absolute Gasteiger partial charge is 0.390 e. The highest BCUT2D eigenvalue weighted by Gasteiger charge is 2.45. The van der Waals surface area contributed by atoms with Crippen molar-refractivity contribution in [3.63, 3.8) is 0 Å². The Morgan fingerprint density at radius 1 is 0.726 bits per heavy atom. The first-order valence-electron chi connectivity index (χ1n) is 17.0. The van der Waals surface area contributed by atoms with Crippen LogP contribution in [-0.2, 0) is 63.2 Å². The van der Waals surface area contributed by atoms with Gasteiger partial charge in [0, 0.05) is 19.0 Å². The van der Waals surface area contributed by atoms with E-state index < -0.39 is 96.9 Å². The number of aliphatic hydroxyl groups is 2. The minimum Gasteiger partial charge on any atom is -0.390 e. The first kappa shape index (κ1) is 53.0. The van der Waals surface area contributed by atoms with Gasteiger partial charge >= 0.3 is 46.9 Å². The largest absolute Gasteiger partial charge is 0.490 e. The molecule has 2 saturated heterocycles. The molecular formula is C30H43NO24P6S. The van der Waals surface area contributed by atoms with Crippen LogP contribution < -0.4 is 0 Å². The highest BCUT2D eigenvalue weighted by Crippen LogP contribution is 2.67. The average molecular weight is 1020 g/mol. The number of ether oxygens (including phenoxy) is 2. The number of phosphoric ester groups is 2. The van der Waals surface area contributed by atoms with Gasteiger partial charge in [-0.05, 0) is 58.0 Å². The molecule has 4 heterocycles. The number of hydrogen-bond donors (Lipinski definition) is 10. The third-order valence-electron chi connectivity index (χ3n) is 8.54. The van der Waals surface area contributed by atoms with Crippen LogP contribution in [0.5, 0.6) is 0 Å². The number of rotatable bonds is 16. The summed E-state index contributed by atoms with van der Waals surface area (Å²) in [5.41, 5.74) is 3.38. The Bertz CT molecular complexity index is 2420. The quantitative estimate of drug-likeness (QED) is 0.0830. The molecule has 32 heteroatoms. The summed E-state index contributed by atoms with van der Waals surface area (Å²) in [5.74, 6) is 0. The second-order valence-corrected chi connectivity index (χ2v) is 22.9.